The Bertz CT molecular complexity index is 527. The average Bonchev–Trinajstić information content (AvgIpc) is 2.60. The van der Waals surface area contributed by atoms with Gasteiger partial charge in [-0.05, 0) is 22.9 Å². The van der Waals surface area contributed by atoms with E-state index in [1.54, 1.807) is 6.07 Å². The number of anilines is 1. The second-order valence-electron chi connectivity index (χ2n) is 3.30. The number of nitrogens with two attached hydrogens (primary N) is 1. The Morgan fingerprint density at radius 1 is 1.44 bits per heavy atom. The highest BCUT2D eigenvalue weighted by atomic mass is 79.9. The molecule has 0 atom stereocenters. The molecular weight excluding hydrogens is 277 g/mol. The predicted molar refractivity (Wildman–Crippen MR) is 61.9 cm³/mol. The van der Waals surface area contributed by atoms with Gasteiger partial charge in [-0.15, -0.1) is 5.10 Å². The largest absolute Gasteiger partial charge is 0.435 e. The molecule has 0 aliphatic rings. The molecule has 0 saturated carbocycles. The third-order valence-electron chi connectivity index (χ3n) is 1.95. The van der Waals surface area contributed by atoms with Crippen LogP contribution in [0, 0.1) is 12.7 Å². The Labute approximate surface area is 99.7 Å². The maximum Gasteiger partial charge on any atom is 0.238 e. The zero-order chi connectivity index (χ0) is 11.7. The molecule has 2 rings (SSSR count). The zero-order valence-corrected chi connectivity index (χ0v) is 10.0. The molecule has 0 aliphatic heterocycles. The Morgan fingerprint density at radius 3 is 2.81 bits per heavy atom. The average molecular weight is 286 g/mol. The molecule has 0 spiro atoms. The molecule has 0 aliphatic carbocycles. The lowest BCUT2D eigenvalue weighted by atomic mass is 10.3. The summed E-state index contributed by atoms with van der Waals surface area (Å²) in [7, 11) is 0. The van der Waals surface area contributed by atoms with E-state index in [2.05, 4.69) is 26.1 Å². The Hall–Kier alpha value is -1.56. The van der Waals surface area contributed by atoms with Crippen molar-refractivity contribution in [3.63, 3.8) is 0 Å². The van der Waals surface area contributed by atoms with Crippen LogP contribution in [0.2, 0.25) is 0 Å². The molecular formula is C10H9BrFN3O. The summed E-state index contributed by atoms with van der Waals surface area (Å²) in [4.78, 5) is 0. The first-order chi connectivity index (χ1) is 7.56. The van der Waals surface area contributed by atoms with Gasteiger partial charge >= 0.3 is 0 Å². The van der Waals surface area contributed by atoms with Gasteiger partial charge in [-0.3, -0.25) is 5.10 Å². The lowest BCUT2D eigenvalue weighted by Gasteiger charge is -2.06. The Morgan fingerprint density at radius 2 is 2.19 bits per heavy atom. The zero-order valence-electron chi connectivity index (χ0n) is 8.42. The van der Waals surface area contributed by atoms with Crippen LogP contribution in [-0.2, 0) is 0 Å². The first-order valence-electron chi connectivity index (χ1n) is 4.50. The minimum Gasteiger partial charge on any atom is -0.435 e. The number of H-pyrrole nitrogens is 1. The normalized spacial score (nSPS) is 10.4. The lowest BCUT2D eigenvalue weighted by Crippen LogP contribution is -1.94. The van der Waals surface area contributed by atoms with Crippen LogP contribution in [0.1, 0.15) is 5.69 Å². The van der Waals surface area contributed by atoms with E-state index in [-0.39, 0.29) is 5.69 Å². The second-order valence-corrected chi connectivity index (χ2v) is 4.15. The molecule has 1 heterocycles. The number of halogens is 2. The fourth-order valence-electron chi connectivity index (χ4n) is 1.19. The molecule has 4 nitrogen and oxygen atoms in total. The summed E-state index contributed by atoms with van der Waals surface area (Å²) in [5.74, 6) is 0.325. The van der Waals surface area contributed by atoms with E-state index < -0.39 is 5.82 Å². The van der Waals surface area contributed by atoms with Gasteiger partial charge in [0.05, 0.1) is 10.2 Å². The minimum atomic E-state index is -0.428. The molecule has 0 bridgehead atoms. The summed E-state index contributed by atoms with van der Waals surface area (Å²) in [6, 6.07) is 4.38. The summed E-state index contributed by atoms with van der Waals surface area (Å²) < 4.78 is 18.8. The lowest BCUT2D eigenvalue weighted by molar-refractivity contribution is 0.462. The first-order valence-corrected chi connectivity index (χ1v) is 5.30. The van der Waals surface area contributed by atoms with Crippen LogP contribution in [0.15, 0.2) is 22.7 Å². The van der Waals surface area contributed by atoms with Crippen molar-refractivity contribution in [1.29, 1.82) is 0 Å². The highest BCUT2D eigenvalue weighted by molar-refractivity contribution is 9.10. The van der Waals surface area contributed by atoms with Crippen molar-refractivity contribution in [2.75, 3.05) is 5.73 Å². The van der Waals surface area contributed by atoms with E-state index in [1.807, 2.05) is 6.92 Å². The number of nitrogen functional groups attached to an aromatic ring is 1. The monoisotopic (exact) mass is 285 g/mol. The standard InChI is InChI=1S/C10H9BrFN3O/c1-5-2-10(15-14-5)16-9-3-6(11)7(12)4-8(9)13/h2-4H,13H2,1H3,(H,14,15). The van der Waals surface area contributed by atoms with Crippen LogP contribution in [0.4, 0.5) is 10.1 Å². The number of aromatic nitrogens is 2. The van der Waals surface area contributed by atoms with Gasteiger partial charge in [-0.2, -0.15) is 0 Å². The number of rotatable bonds is 2. The minimum absolute atomic E-state index is 0.223. The fourth-order valence-corrected chi connectivity index (χ4v) is 1.51. The number of nitrogens with zero attached hydrogens (tertiary/aromatic N) is 1. The highest BCUT2D eigenvalue weighted by Gasteiger charge is 2.09. The molecule has 0 unspecified atom stereocenters. The van der Waals surface area contributed by atoms with E-state index >= 15 is 0 Å². The van der Waals surface area contributed by atoms with Crippen molar-refractivity contribution in [3.05, 3.63) is 34.2 Å². The molecule has 0 fully saturated rings. The van der Waals surface area contributed by atoms with Crippen LogP contribution in [0.3, 0.4) is 0 Å². The number of hydrogen-bond donors (Lipinski definition) is 2. The van der Waals surface area contributed by atoms with Gasteiger partial charge in [0.1, 0.15) is 5.82 Å². The van der Waals surface area contributed by atoms with Crippen LogP contribution < -0.4 is 10.5 Å². The summed E-state index contributed by atoms with van der Waals surface area (Å²) in [6.07, 6.45) is 0. The predicted octanol–water partition coefficient (Wildman–Crippen LogP) is 2.99. The summed E-state index contributed by atoms with van der Waals surface area (Å²) in [6.45, 7) is 1.85. The number of aryl methyl sites for hydroxylation is 1. The smallest absolute Gasteiger partial charge is 0.238 e. The summed E-state index contributed by atoms with van der Waals surface area (Å²) in [5.41, 5.74) is 6.71. The van der Waals surface area contributed by atoms with Gasteiger partial charge in [0, 0.05) is 23.9 Å². The molecule has 84 valence electrons. The van der Waals surface area contributed by atoms with Crippen molar-refractivity contribution in [3.8, 4) is 11.6 Å². The van der Waals surface area contributed by atoms with E-state index in [0.717, 1.165) is 5.69 Å². The number of benzene rings is 1. The highest BCUT2D eigenvalue weighted by Crippen LogP contribution is 2.31. The Kier molecular flexibility index (Phi) is 2.82. The van der Waals surface area contributed by atoms with Crippen LogP contribution >= 0.6 is 15.9 Å². The van der Waals surface area contributed by atoms with Crippen LogP contribution in [0.5, 0.6) is 11.6 Å². The molecule has 0 amide bonds. The van der Waals surface area contributed by atoms with Gasteiger partial charge < -0.3 is 10.5 Å². The third kappa shape index (κ3) is 2.16. The van der Waals surface area contributed by atoms with Crippen molar-refractivity contribution < 1.29 is 9.13 Å². The van der Waals surface area contributed by atoms with Crippen molar-refractivity contribution in [1.82, 2.24) is 10.2 Å². The number of hydrogen-bond acceptors (Lipinski definition) is 3. The van der Waals surface area contributed by atoms with Crippen LogP contribution in [0.25, 0.3) is 0 Å². The molecule has 3 N–H and O–H groups in total. The maximum absolute atomic E-state index is 13.1. The number of ether oxygens (including phenoxy) is 1. The van der Waals surface area contributed by atoms with E-state index in [1.165, 1.54) is 12.1 Å². The molecule has 0 saturated heterocycles. The Balaban J connectivity index is 2.31. The fraction of sp³-hybridized carbons (Fsp3) is 0.100. The first kappa shape index (κ1) is 10.9. The van der Waals surface area contributed by atoms with Gasteiger partial charge in [-0.1, -0.05) is 0 Å². The topological polar surface area (TPSA) is 63.9 Å². The molecule has 6 heteroatoms. The van der Waals surface area contributed by atoms with E-state index in [0.29, 0.717) is 16.1 Å². The molecule has 2 aromatic rings. The molecule has 1 aromatic carbocycles. The van der Waals surface area contributed by atoms with Gasteiger partial charge in [0.2, 0.25) is 5.88 Å². The van der Waals surface area contributed by atoms with Gasteiger partial charge in [0.15, 0.2) is 5.75 Å². The summed E-state index contributed by atoms with van der Waals surface area (Å²) in [5, 5.41) is 6.63. The molecule has 16 heavy (non-hydrogen) atoms. The van der Waals surface area contributed by atoms with E-state index in [9.17, 15) is 4.39 Å². The van der Waals surface area contributed by atoms with Crippen molar-refractivity contribution >= 4 is 21.6 Å². The van der Waals surface area contributed by atoms with Gasteiger partial charge in [-0.25, -0.2) is 4.39 Å². The summed E-state index contributed by atoms with van der Waals surface area (Å²) >= 11 is 3.06. The molecule has 0 radical (unpaired) electrons. The quantitative estimate of drug-likeness (QED) is 0.834. The number of nitrogens with one attached hydrogen (secondary N) is 1. The van der Waals surface area contributed by atoms with Gasteiger partial charge in [0.25, 0.3) is 0 Å². The maximum atomic E-state index is 13.1. The van der Waals surface area contributed by atoms with E-state index in [4.69, 9.17) is 10.5 Å². The second kappa shape index (κ2) is 4.13. The molecule has 1 aromatic heterocycles. The van der Waals surface area contributed by atoms with Crippen LogP contribution in [-0.4, -0.2) is 10.2 Å². The number of aromatic amines is 1. The third-order valence-corrected chi connectivity index (χ3v) is 2.56. The van der Waals surface area contributed by atoms with Crippen molar-refractivity contribution in [2.45, 2.75) is 6.92 Å². The SMILES string of the molecule is Cc1cc(Oc2cc(Br)c(F)cc2N)n[nH]1. The van der Waals surface area contributed by atoms with Crippen molar-refractivity contribution in [2.24, 2.45) is 0 Å².